The Bertz CT molecular complexity index is 1490. The Morgan fingerprint density at radius 3 is 2.59 bits per heavy atom. The van der Waals surface area contributed by atoms with E-state index in [2.05, 4.69) is 11.6 Å². The molecule has 1 saturated heterocycles. The standard InChI is InChI=1S/C29H28N2O7S/c1-6-14-38-28(35)26-17(4)30-29(39-26)31-23(19-10-8-9-11-21(19)37-7-2)22(25(33)27(31)34)24(32)18-12-13-20(36-5)16(3)15-18/h6,8-13,15,23,32H,1,7,14H2,2-5H3/t23-/m1/s1. The maximum Gasteiger partial charge on any atom is 0.350 e. The lowest BCUT2D eigenvalue weighted by Gasteiger charge is -2.24. The van der Waals surface area contributed by atoms with Crippen molar-refractivity contribution >= 4 is 39.9 Å². The van der Waals surface area contributed by atoms with E-state index in [-0.39, 0.29) is 27.9 Å². The normalized spacial score (nSPS) is 16.3. The Balaban J connectivity index is 1.93. The second kappa shape index (κ2) is 11.5. The van der Waals surface area contributed by atoms with Crippen LogP contribution in [0.4, 0.5) is 5.13 Å². The van der Waals surface area contributed by atoms with Gasteiger partial charge in [0.05, 0.1) is 25.0 Å². The molecule has 1 fully saturated rings. The van der Waals surface area contributed by atoms with Gasteiger partial charge in [0.25, 0.3) is 5.78 Å². The summed E-state index contributed by atoms with van der Waals surface area (Å²) in [6, 6.07) is 10.9. The predicted octanol–water partition coefficient (Wildman–Crippen LogP) is 5.14. The molecule has 1 aliphatic heterocycles. The molecule has 0 bridgehead atoms. The third-order valence-corrected chi connectivity index (χ3v) is 7.27. The Labute approximate surface area is 230 Å². The molecule has 10 heteroatoms. The number of thiazole rings is 1. The Morgan fingerprint density at radius 1 is 1.18 bits per heavy atom. The van der Waals surface area contributed by atoms with Crippen molar-refractivity contribution in [3.63, 3.8) is 0 Å². The third kappa shape index (κ3) is 5.15. The summed E-state index contributed by atoms with van der Waals surface area (Å²) in [5.74, 6) is -1.70. The average molecular weight is 549 g/mol. The molecule has 0 unspecified atom stereocenters. The van der Waals surface area contributed by atoms with E-state index < -0.39 is 23.7 Å². The number of carbonyl (C=O) groups is 3. The van der Waals surface area contributed by atoms with Crippen LogP contribution in [0.2, 0.25) is 0 Å². The third-order valence-electron chi connectivity index (χ3n) is 6.14. The average Bonchev–Trinajstić information content (AvgIpc) is 3.43. The minimum Gasteiger partial charge on any atom is -0.507 e. The molecule has 39 heavy (non-hydrogen) atoms. The number of amides is 1. The molecule has 1 aliphatic rings. The van der Waals surface area contributed by atoms with Crippen LogP contribution in [-0.2, 0) is 14.3 Å². The number of nitrogens with zero attached hydrogens (tertiary/aromatic N) is 2. The maximum atomic E-state index is 13.5. The molecule has 0 aliphatic carbocycles. The topological polar surface area (TPSA) is 115 Å². The van der Waals surface area contributed by atoms with Crippen molar-refractivity contribution in [2.75, 3.05) is 25.2 Å². The molecule has 1 aromatic heterocycles. The second-order valence-corrected chi connectivity index (χ2v) is 9.60. The molecule has 1 amide bonds. The highest BCUT2D eigenvalue weighted by atomic mass is 32.1. The summed E-state index contributed by atoms with van der Waals surface area (Å²) in [5, 5.41) is 11.6. The van der Waals surface area contributed by atoms with E-state index >= 15 is 0 Å². The summed E-state index contributed by atoms with van der Waals surface area (Å²) < 4.78 is 16.3. The van der Waals surface area contributed by atoms with E-state index in [1.807, 2.05) is 6.92 Å². The fourth-order valence-corrected chi connectivity index (χ4v) is 5.36. The number of Topliss-reactive ketones (excluding diaryl/α,β-unsaturated/α-hetero) is 1. The summed E-state index contributed by atoms with van der Waals surface area (Å²) >= 11 is 0.927. The molecule has 0 saturated carbocycles. The first kappa shape index (κ1) is 27.6. The van der Waals surface area contributed by atoms with Crippen LogP contribution in [0, 0.1) is 13.8 Å². The molecular formula is C29H28N2O7S. The highest BCUT2D eigenvalue weighted by Gasteiger charge is 2.49. The lowest BCUT2D eigenvalue weighted by atomic mass is 9.94. The number of rotatable bonds is 9. The monoisotopic (exact) mass is 548 g/mol. The Hall–Kier alpha value is -4.44. The molecule has 3 aromatic rings. The zero-order valence-electron chi connectivity index (χ0n) is 22.0. The molecule has 0 spiro atoms. The van der Waals surface area contributed by atoms with Gasteiger partial charge in [-0.05, 0) is 50.6 Å². The number of hydrogen-bond donors (Lipinski definition) is 1. The van der Waals surface area contributed by atoms with Crippen LogP contribution in [-0.4, -0.2) is 48.1 Å². The van der Waals surface area contributed by atoms with Crippen LogP contribution in [0.25, 0.3) is 5.76 Å². The first-order valence-electron chi connectivity index (χ1n) is 12.2. The summed E-state index contributed by atoms with van der Waals surface area (Å²) in [7, 11) is 1.54. The molecular weight excluding hydrogens is 520 g/mol. The number of ether oxygens (including phenoxy) is 3. The number of anilines is 1. The van der Waals surface area contributed by atoms with Crippen LogP contribution in [0.1, 0.15) is 45.0 Å². The van der Waals surface area contributed by atoms with Gasteiger partial charge in [-0.1, -0.05) is 42.2 Å². The van der Waals surface area contributed by atoms with Crippen molar-refractivity contribution in [1.82, 2.24) is 4.98 Å². The highest BCUT2D eigenvalue weighted by Crippen LogP contribution is 2.46. The fourth-order valence-electron chi connectivity index (χ4n) is 4.37. The number of ketones is 1. The smallest absolute Gasteiger partial charge is 0.350 e. The van der Waals surface area contributed by atoms with E-state index in [0.29, 0.717) is 34.9 Å². The number of methoxy groups -OCH3 is 1. The van der Waals surface area contributed by atoms with Crippen molar-refractivity contribution < 1.29 is 33.7 Å². The lowest BCUT2D eigenvalue weighted by molar-refractivity contribution is -0.132. The molecule has 202 valence electrons. The van der Waals surface area contributed by atoms with E-state index in [0.717, 1.165) is 16.9 Å². The first-order valence-corrected chi connectivity index (χ1v) is 13.0. The number of aryl methyl sites for hydroxylation is 2. The van der Waals surface area contributed by atoms with Crippen molar-refractivity contribution in [2.45, 2.75) is 26.8 Å². The molecule has 2 aromatic carbocycles. The van der Waals surface area contributed by atoms with Crippen molar-refractivity contribution in [3.05, 3.63) is 88.0 Å². The molecule has 1 atom stereocenters. The van der Waals surface area contributed by atoms with Crippen LogP contribution in [0.5, 0.6) is 11.5 Å². The van der Waals surface area contributed by atoms with Gasteiger partial charge >= 0.3 is 11.9 Å². The van der Waals surface area contributed by atoms with Gasteiger partial charge in [0, 0.05) is 11.1 Å². The zero-order valence-corrected chi connectivity index (χ0v) is 22.8. The summed E-state index contributed by atoms with van der Waals surface area (Å²) in [6.07, 6.45) is 1.44. The van der Waals surface area contributed by atoms with Gasteiger partial charge in [0.1, 0.15) is 34.8 Å². The zero-order chi connectivity index (χ0) is 28.3. The number of aliphatic hydroxyl groups is 1. The van der Waals surface area contributed by atoms with E-state index in [1.54, 1.807) is 56.3 Å². The van der Waals surface area contributed by atoms with E-state index in [1.165, 1.54) is 18.1 Å². The van der Waals surface area contributed by atoms with Crippen LogP contribution in [0.15, 0.2) is 60.7 Å². The Kier molecular flexibility index (Phi) is 8.15. The lowest BCUT2D eigenvalue weighted by Crippen LogP contribution is -2.29. The van der Waals surface area contributed by atoms with E-state index in [9.17, 15) is 19.5 Å². The number of hydrogen-bond acceptors (Lipinski definition) is 9. The molecule has 9 nitrogen and oxygen atoms in total. The molecule has 0 radical (unpaired) electrons. The number of aliphatic hydroxyl groups excluding tert-OH is 1. The van der Waals surface area contributed by atoms with Crippen LogP contribution < -0.4 is 14.4 Å². The number of esters is 1. The first-order chi connectivity index (χ1) is 18.7. The summed E-state index contributed by atoms with van der Waals surface area (Å²) in [5.41, 5.74) is 1.78. The summed E-state index contributed by atoms with van der Waals surface area (Å²) in [6.45, 7) is 9.13. The van der Waals surface area contributed by atoms with Crippen LogP contribution >= 0.6 is 11.3 Å². The second-order valence-electron chi connectivity index (χ2n) is 8.62. The molecule has 2 heterocycles. The number of carbonyl (C=O) groups excluding carboxylic acids is 3. The largest absolute Gasteiger partial charge is 0.507 e. The Morgan fingerprint density at radius 2 is 1.92 bits per heavy atom. The minimum absolute atomic E-state index is 0.0129. The van der Waals surface area contributed by atoms with Crippen LogP contribution in [0.3, 0.4) is 0 Å². The van der Waals surface area contributed by atoms with Gasteiger partial charge in [-0.25, -0.2) is 9.78 Å². The number of benzene rings is 2. The van der Waals surface area contributed by atoms with Gasteiger partial charge in [-0.3, -0.25) is 14.5 Å². The molecule has 4 rings (SSSR count). The van der Waals surface area contributed by atoms with E-state index in [4.69, 9.17) is 14.2 Å². The SMILES string of the molecule is C=CCOC(=O)c1sc(N2C(=O)C(=O)C(=C(O)c3ccc(OC)c(C)c3)[C@H]2c2ccccc2OCC)nc1C. The van der Waals surface area contributed by atoms with Gasteiger partial charge in [-0.2, -0.15) is 0 Å². The number of aromatic nitrogens is 1. The fraction of sp³-hybridized carbons (Fsp3) is 0.241. The quantitative estimate of drug-likeness (QED) is 0.129. The van der Waals surface area contributed by atoms with Crippen molar-refractivity contribution in [1.29, 1.82) is 0 Å². The van der Waals surface area contributed by atoms with Gasteiger partial charge in [0.2, 0.25) is 0 Å². The predicted molar refractivity (Wildman–Crippen MR) is 147 cm³/mol. The van der Waals surface area contributed by atoms with Gasteiger partial charge in [0.15, 0.2) is 5.13 Å². The minimum atomic E-state index is -1.07. The van der Waals surface area contributed by atoms with Gasteiger partial charge < -0.3 is 19.3 Å². The van der Waals surface area contributed by atoms with Crippen molar-refractivity contribution in [2.24, 2.45) is 0 Å². The summed E-state index contributed by atoms with van der Waals surface area (Å²) in [4.78, 5) is 45.5. The maximum absolute atomic E-state index is 13.5. The molecule has 1 N–H and O–H groups in total. The van der Waals surface area contributed by atoms with Crippen molar-refractivity contribution in [3.8, 4) is 11.5 Å². The highest BCUT2D eigenvalue weighted by molar-refractivity contribution is 7.17. The van der Waals surface area contributed by atoms with Gasteiger partial charge in [-0.15, -0.1) is 0 Å². The number of para-hydroxylation sites is 1.